The van der Waals surface area contributed by atoms with Crippen molar-refractivity contribution in [3.63, 3.8) is 0 Å². The maximum atomic E-state index is 4.57. The summed E-state index contributed by atoms with van der Waals surface area (Å²) in [6, 6.07) is 4.79. The molecule has 108 valence electrons. The van der Waals surface area contributed by atoms with Crippen molar-refractivity contribution in [3.05, 3.63) is 51.8 Å². The summed E-state index contributed by atoms with van der Waals surface area (Å²) < 4.78 is 1.91. The molecule has 3 heteroatoms. The van der Waals surface area contributed by atoms with Gasteiger partial charge in [-0.05, 0) is 56.5 Å². The molecule has 1 N–H and O–H groups in total. The van der Waals surface area contributed by atoms with Crippen molar-refractivity contribution < 1.29 is 0 Å². The molecule has 1 aromatic heterocycles. The predicted molar refractivity (Wildman–Crippen MR) is 84.1 cm³/mol. The predicted octanol–water partition coefficient (Wildman–Crippen LogP) is 3.22. The molecule has 3 nitrogen and oxygen atoms in total. The van der Waals surface area contributed by atoms with Gasteiger partial charge in [-0.2, -0.15) is 5.10 Å². The Labute approximate surface area is 122 Å². The molecular formula is C17H25N3. The third-order valence-corrected chi connectivity index (χ3v) is 4.07. The van der Waals surface area contributed by atoms with E-state index in [9.17, 15) is 0 Å². The molecule has 2 aromatic rings. The van der Waals surface area contributed by atoms with Gasteiger partial charge in [0.15, 0.2) is 0 Å². The van der Waals surface area contributed by atoms with Gasteiger partial charge in [0.05, 0.1) is 11.7 Å². The highest BCUT2D eigenvalue weighted by Gasteiger charge is 2.20. The molecule has 0 bridgehead atoms. The van der Waals surface area contributed by atoms with Gasteiger partial charge in [-0.15, -0.1) is 0 Å². The first-order valence-corrected chi connectivity index (χ1v) is 7.25. The van der Waals surface area contributed by atoms with E-state index in [-0.39, 0.29) is 6.04 Å². The van der Waals surface area contributed by atoms with Crippen molar-refractivity contribution in [2.45, 2.75) is 40.2 Å². The van der Waals surface area contributed by atoms with Gasteiger partial charge < -0.3 is 5.32 Å². The van der Waals surface area contributed by atoms with Crippen LogP contribution in [0.2, 0.25) is 0 Å². The van der Waals surface area contributed by atoms with Crippen molar-refractivity contribution in [1.82, 2.24) is 15.1 Å². The minimum Gasteiger partial charge on any atom is -0.309 e. The van der Waals surface area contributed by atoms with Crippen LogP contribution in [0.3, 0.4) is 0 Å². The molecule has 2 rings (SSSR count). The summed E-state index contributed by atoms with van der Waals surface area (Å²) in [6.07, 6.45) is 3.09. The lowest BCUT2D eigenvalue weighted by atomic mass is 9.91. The van der Waals surface area contributed by atoms with Crippen LogP contribution in [0.15, 0.2) is 18.3 Å². The summed E-state index contributed by atoms with van der Waals surface area (Å²) in [6.45, 7) is 8.69. The molecule has 1 atom stereocenters. The van der Waals surface area contributed by atoms with Crippen LogP contribution in [0.1, 0.15) is 46.5 Å². The molecule has 0 amide bonds. The largest absolute Gasteiger partial charge is 0.309 e. The second-order valence-electron chi connectivity index (χ2n) is 5.57. The molecule has 0 aliphatic carbocycles. The molecule has 0 aliphatic heterocycles. The fourth-order valence-electron chi connectivity index (χ4n) is 2.84. The van der Waals surface area contributed by atoms with Gasteiger partial charge >= 0.3 is 0 Å². The smallest absolute Gasteiger partial charge is 0.0673 e. The van der Waals surface area contributed by atoms with E-state index in [2.05, 4.69) is 56.4 Å². The molecule has 1 unspecified atom stereocenters. The van der Waals surface area contributed by atoms with Gasteiger partial charge in [-0.25, -0.2) is 0 Å². The Morgan fingerprint density at radius 1 is 1.10 bits per heavy atom. The number of nitrogens with one attached hydrogen (secondary N) is 1. The number of aryl methyl sites for hydroxylation is 5. The van der Waals surface area contributed by atoms with Crippen molar-refractivity contribution in [2.24, 2.45) is 7.05 Å². The van der Waals surface area contributed by atoms with E-state index in [4.69, 9.17) is 0 Å². The van der Waals surface area contributed by atoms with Crippen LogP contribution >= 0.6 is 0 Å². The summed E-state index contributed by atoms with van der Waals surface area (Å²) in [4.78, 5) is 0. The van der Waals surface area contributed by atoms with E-state index in [0.29, 0.717) is 0 Å². The molecule has 0 aliphatic rings. The summed E-state index contributed by atoms with van der Waals surface area (Å²) >= 11 is 0. The molecule has 0 saturated carbocycles. The van der Waals surface area contributed by atoms with Crippen molar-refractivity contribution in [2.75, 3.05) is 7.05 Å². The molecule has 0 saturated heterocycles. The molecule has 0 radical (unpaired) electrons. The Morgan fingerprint density at radius 2 is 1.75 bits per heavy atom. The first kappa shape index (κ1) is 14.8. The molecule has 0 fully saturated rings. The third-order valence-electron chi connectivity index (χ3n) is 4.07. The van der Waals surface area contributed by atoms with Gasteiger partial charge in [0.25, 0.3) is 0 Å². The standard InChI is InChI=1S/C17H25N3/c1-7-16-15(10-20(6)19-16)17(18-5)14-9-12(3)11(2)8-13(14)4/h8-10,17-18H,7H2,1-6H3. The van der Waals surface area contributed by atoms with E-state index >= 15 is 0 Å². The zero-order chi connectivity index (χ0) is 14.9. The van der Waals surface area contributed by atoms with Crippen LogP contribution in [0, 0.1) is 20.8 Å². The minimum atomic E-state index is 0.206. The lowest BCUT2D eigenvalue weighted by Gasteiger charge is -2.20. The second kappa shape index (κ2) is 5.80. The van der Waals surface area contributed by atoms with Crippen LogP contribution in [0.25, 0.3) is 0 Å². The van der Waals surface area contributed by atoms with Crippen molar-refractivity contribution >= 4 is 0 Å². The summed E-state index contributed by atoms with van der Waals surface area (Å²) in [7, 11) is 4.01. The zero-order valence-electron chi connectivity index (χ0n) is 13.4. The first-order chi connectivity index (χ1) is 9.47. The SMILES string of the molecule is CCc1nn(C)cc1C(NC)c1cc(C)c(C)cc1C. The van der Waals surface area contributed by atoms with E-state index in [1.165, 1.54) is 33.5 Å². The van der Waals surface area contributed by atoms with Crippen molar-refractivity contribution in [3.8, 4) is 0 Å². The Balaban J connectivity index is 2.55. The minimum absolute atomic E-state index is 0.206. The lowest BCUT2D eigenvalue weighted by molar-refractivity contribution is 0.679. The number of aromatic nitrogens is 2. The number of nitrogens with zero attached hydrogens (tertiary/aromatic N) is 2. The molecule has 0 spiro atoms. The number of rotatable bonds is 4. The van der Waals surface area contributed by atoms with Crippen molar-refractivity contribution in [1.29, 1.82) is 0 Å². The molecule has 20 heavy (non-hydrogen) atoms. The Kier molecular flexibility index (Phi) is 4.29. The number of hydrogen-bond acceptors (Lipinski definition) is 2. The van der Waals surface area contributed by atoms with Crippen LogP contribution < -0.4 is 5.32 Å². The van der Waals surface area contributed by atoms with Gasteiger partial charge in [0, 0.05) is 18.8 Å². The fraction of sp³-hybridized carbons (Fsp3) is 0.471. The maximum Gasteiger partial charge on any atom is 0.0673 e. The van der Waals surface area contributed by atoms with E-state index in [1.54, 1.807) is 0 Å². The number of hydrogen-bond donors (Lipinski definition) is 1. The van der Waals surface area contributed by atoms with Gasteiger partial charge in [0.1, 0.15) is 0 Å². The zero-order valence-corrected chi connectivity index (χ0v) is 13.4. The average Bonchev–Trinajstić information content (AvgIpc) is 2.77. The third kappa shape index (κ3) is 2.63. The summed E-state index contributed by atoms with van der Waals surface area (Å²) in [5.41, 5.74) is 7.82. The summed E-state index contributed by atoms with van der Waals surface area (Å²) in [5, 5.41) is 8.03. The highest BCUT2D eigenvalue weighted by Crippen LogP contribution is 2.29. The first-order valence-electron chi connectivity index (χ1n) is 7.25. The number of benzene rings is 1. The Bertz CT molecular complexity index is 611. The topological polar surface area (TPSA) is 29.9 Å². The second-order valence-corrected chi connectivity index (χ2v) is 5.57. The average molecular weight is 271 g/mol. The molecule has 1 heterocycles. The van der Waals surface area contributed by atoms with E-state index in [0.717, 1.165) is 6.42 Å². The van der Waals surface area contributed by atoms with Crippen LogP contribution in [0.5, 0.6) is 0 Å². The summed E-state index contributed by atoms with van der Waals surface area (Å²) in [5.74, 6) is 0. The van der Waals surface area contributed by atoms with Crippen LogP contribution in [-0.2, 0) is 13.5 Å². The van der Waals surface area contributed by atoms with Crippen LogP contribution in [0.4, 0.5) is 0 Å². The van der Waals surface area contributed by atoms with E-state index in [1.807, 2.05) is 18.8 Å². The Hall–Kier alpha value is -1.61. The van der Waals surface area contributed by atoms with E-state index < -0.39 is 0 Å². The normalized spacial score (nSPS) is 12.7. The highest BCUT2D eigenvalue weighted by molar-refractivity contribution is 5.43. The van der Waals surface area contributed by atoms with Gasteiger partial charge in [-0.3, -0.25) is 4.68 Å². The molecule has 1 aromatic carbocycles. The fourth-order valence-corrected chi connectivity index (χ4v) is 2.84. The highest BCUT2D eigenvalue weighted by atomic mass is 15.3. The Morgan fingerprint density at radius 3 is 2.35 bits per heavy atom. The quantitative estimate of drug-likeness (QED) is 0.925. The van der Waals surface area contributed by atoms with Crippen LogP contribution in [-0.4, -0.2) is 16.8 Å². The maximum absolute atomic E-state index is 4.57. The van der Waals surface area contributed by atoms with Gasteiger partial charge in [-0.1, -0.05) is 19.1 Å². The lowest BCUT2D eigenvalue weighted by Crippen LogP contribution is -2.20. The van der Waals surface area contributed by atoms with Gasteiger partial charge in [0.2, 0.25) is 0 Å². The molecular weight excluding hydrogens is 246 g/mol. The monoisotopic (exact) mass is 271 g/mol.